The summed E-state index contributed by atoms with van der Waals surface area (Å²) in [4.78, 5) is 3.79. The van der Waals surface area contributed by atoms with Crippen molar-refractivity contribution < 1.29 is 14.2 Å². The Morgan fingerprint density at radius 3 is 2.37 bits per heavy atom. The van der Waals surface area contributed by atoms with Crippen LogP contribution in [-0.2, 0) is 6.54 Å². The van der Waals surface area contributed by atoms with E-state index in [2.05, 4.69) is 35.4 Å². The van der Waals surface area contributed by atoms with Crippen LogP contribution in [0.3, 0.4) is 0 Å². The number of aliphatic hydroxyl groups excluding tert-OH is 1. The summed E-state index contributed by atoms with van der Waals surface area (Å²) < 4.78 is 19.0. The Bertz CT molecular complexity index is 752. The van der Waals surface area contributed by atoms with Crippen LogP contribution >= 0.6 is 11.8 Å². The Morgan fingerprint density at radius 2 is 1.70 bits per heavy atom. The first-order chi connectivity index (χ1) is 13.1. The molecule has 2 aromatic carbocycles. The van der Waals surface area contributed by atoms with Crippen molar-refractivity contribution in [2.24, 2.45) is 11.8 Å². The predicted octanol–water partition coefficient (Wildman–Crippen LogP) is 4.20. The fraction of sp³-hybridized carbons (Fsp3) is 0.455. The number of hydrogen-bond acceptors (Lipinski definition) is 4. The van der Waals surface area contributed by atoms with E-state index in [4.69, 9.17) is 4.74 Å². The molecule has 1 aliphatic heterocycles. The van der Waals surface area contributed by atoms with Crippen LogP contribution in [0.2, 0.25) is 0 Å². The topological polar surface area (TPSA) is 32.7 Å². The van der Waals surface area contributed by atoms with Crippen molar-refractivity contribution in [2.75, 3.05) is 19.3 Å². The fourth-order valence-corrected chi connectivity index (χ4v) is 4.83. The molecule has 0 spiro atoms. The largest absolute Gasteiger partial charge is 0.488 e. The van der Waals surface area contributed by atoms with Gasteiger partial charge in [0.2, 0.25) is 0 Å². The zero-order chi connectivity index (χ0) is 18.8. The van der Waals surface area contributed by atoms with Crippen molar-refractivity contribution in [2.45, 2.75) is 36.5 Å². The third-order valence-corrected chi connectivity index (χ3v) is 6.57. The van der Waals surface area contributed by atoms with E-state index in [9.17, 15) is 9.50 Å². The molecule has 1 saturated heterocycles. The Balaban J connectivity index is 1.35. The van der Waals surface area contributed by atoms with Crippen molar-refractivity contribution in [1.29, 1.82) is 0 Å². The predicted molar refractivity (Wildman–Crippen MR) is 107 cm³/mol. The number of nitrogens with zero attached hydrogens (tertiary/aromatic N) is 1. The molecule has 4 atom stereocenters. The first-order valence-electron chi connectivity index (χ1n) is 9.56. The van der Waals surface area contributed by atoms with E-state index in [0.29, 0.717) is 17.6 Å². The molecule has 0 aromatic heterocycles. The van der Waals surface area contributed by atoms with Crippen molar-refractivity contribution in [3.05, 3.63) is 59.9 Å². The van der Waals surface area contributed by atoms with Gasteiger partial charge >= 0.3 is 0 Å². The number of benzene rings is 2. The van der Waals surface area contributed by atoms with Crippen LogP contribution in [0.15, 0.2) is 53.4 Å². The van der Waals surface area contributed by atoms with Gasteiger partial charge in [-0.3, -0.25) is 4.90 Å². The lowest BCUT2D eigenvalue weighted by molar-refractivity contribution is -0.0231. The highest BCUT2D eigenvalue weighted by atomic mass is 32.2. The Hall–Kier alpha value is -1.56. The molecule has 1 aliphatic carbocycles. The summed E-state index contributed by atoms with van der Waals surface area (Å²) in [6.07, 6.45) is 3.05. The SMILES string of the molecule is CSc1ccc(CN2C[C@H]3C[C@@H](Oc4ccc(F)cc4)[C@H](O)C[C@H]3C2)cc1. The molecule has 3 nitrogen and oxygen atoms in total. The summed E-state index contributed by atoms with van der Waals surface area (Å²) >= 11 is 1.76. The average molecular weight is 388 g/mol. The smallest absolute Gasteiger partial charge is 0.125 e. The van der Waals surface area contributed by atoms with Gasteiger partial charge in [-0.1, -0.05) is 12.1 Å². The molecule has 0 bridgehead atoms. The summed E-state index contributed by atoms with van der Waals surface area (Å²) in [6.45, 7) is 3.04. The van der Waals surface area contributed by atoms with Gasteiger partial charge in [0, 0.05) is 24.5 Å². The molecular weight excluding hydrogens is 361 g/mol. The third-order valence-electron chi connectivity index (χ3n) is 5.83. The van der Waals surface area contributed by atoms with Gasteiger partial charge in [-0.05, 0) is 72.9 Å². The lowest BCUT2D eigenvalue weighted by atomic mass is 9.78. The Morgan fingerprint density at radius 1 is 1.04 bits per heavy atom. The lowest BCUT2D eigenvalue weighted by Crippen LogP contribution is -2.42. The second-order valence-corrected chi connectivity index (χ2v) is 8.59. The molecule has 0 amide bonds. The zero-order valence-electron chi connectivity index (χ0n) is 15.6. The van der Waals surface area contributed by atoms with E-state index in [0.717, 1.165) is 32.5 Å². The number of hydrogen-bond donors (Lipinski definition) is 1. The molecule has 0 unspecified atom stereocenters. The molecule has 144 valence electrons. The second-order valence-electron chi connectivity index (χ2n) is 7.71. The van der Waals surface area contributed by atoms with Gasteiger partial charge in [0.15, 0.2) is 0 Å². The molecule has 4 rings (SSSR count). The summed E-state index contributed by atoms with van der Waals surface area (Å²) in [5.74, 6) is 1.43. The minimum atomic E-state index is -0.461. The quantitative estimate of drug-likeness (QED) is 0.780. The minimum absolute atomic E-state index is 0.211. The monoisotopic (exact) mass is 387 g/mol. The number of rotatable bonds is 5. The van der Waals surface area contributed by atoms with Crippen LogP contribution < -0.4 is 4.74 Å². The van der Waals surface area contributed by atoms with E-state index in [1.165, 1.54) is 22.6 Å². The summed E-state index contributed by atoms with van der Waals surface area (Å²) in [6, 6.07) is 14.8. The summed E-state index contributed by atoms with van der Waals surface area (Å²) in [5, 5.41) is 10.5. The number of halogens is 1. The number of aliphatic hydroxyl groups is 1. The van der Waals surface area contributed by atoms with Crippen molar-refractivity contribution >= 4 is 11.8 Å². The van der Waals surface area contributed by atoms with Crippen molar-refractivity contribution in [1.82, 2.24) is 4.90 Å². The van der Waals surface area contributed by atoms with E-state index in [1.54, 1.807) is 23.9 Å². The van der Waals surface area contributed by atoms with Gasteiger partial charge in [0.25, 0.3) is 0 Å². The average Bonchev–Trinajstić information content (AvgIpc) is 3.05. The molecular formula is C22H26FNO2S. The molecule has 1 saturated carbocycles. The molecule has 2 aliphatic rings. The van der Waals surface area contributed by atoms with Crippen LogP contribution in [0.25, 0.3) is 0 Å². The normalized spacial score (nSPS) is 28.1. The highest BCUT2D eigenvalue weighted by Gasteiger charge is 2.42. The van der Waals surface area contributed by atoms with Gasteiger partial charge in [0.05, 0.1) is 6.10 Å². The first kappa shape index (κ1) is 18.8. The zero-order valence-corrected chi connectivity index (χ0v) is 16.4. The van der Waals surface area contributed by atoms with Crippen molar-refractivity contribution in [3.63, 3.8) is 0 Å². The maximum Gasteiger partial charge on any atom is 0.125 e. The Labute approximate surface area is 164 Å². The molecule has 1 N–H and O–H groups in total. The van der Waals surface area contributed by atoms with E-state index in [1.807, 2.05) is 0 Å². The standard InChI is InChI=1S/C22H26FNO2S/c1-27-20-8-2-15(3-9-20)12-24-13-16-10-21(25)22(11-17(16)14-24)26-19-6-4-18(23)5-7-19/h2-9,16-17,21-22,25H,10-14H2,1H3/t16-,17+,21+,22+/m0/s1. The van der Waals surface area contributed by atoms with E-state index >= 15 is 0 Å². The molecule has 2 fully saturated rings. The molecule has 1 heterocycles. The summed E-state index contributed by atoms with van der Waals surface area (Å²) in [5.41, 5.74) is 1.34. The van der Waals surface area contributed by atoms with E-state index < -0.39 is 6.10 Å². The maximum absolute atomic E-state index is 13.1. The van der Waals surface area contributed by atoms with Crippen LogP contribution in [0.5, 0.6) is 5.75 Å². The van der Waals surface area contributed by atoms with Crippen LogP contribution in [0.4, 0.5) is 4.39 Å². The number of fused-ring (bicyclic) bond motifs is 1. The Kier molecular flexibility index (Phi) is 5.71. The maximum atomic E-state index is 13.1. The molecule has 2 aromatic rings. The molecule has 5 heteroatoms. The first-order valence-corrected chi connectivity index (χ1v) is 10.8. The molecule has 27 heavy (non-hydrogen) atoms. The second kappa shape index (κ2) is 8.21. The number of thioether (sulfide) groups is 1. The number of ether oxygens (including phenoxy) is 1. The van der Waals surface area contributed by atoms with Gasteiger partial charge in [0.1, 0.15) is 17.7 Å². The van der Waals surface area contributed by atoms with Crippen LogP contribution in [-0.4, -0.2) is 41.6 Å². The third kappa shape index (κ3) is 4.48. The van der Waals surface area contributed by atoms with Crippen LogP contribution in [0.1, 0.15) is 18.4 Å². The highest BCUT2D eigenvalue weighted by Crippen LogP contribution is 2.38. The molecule has 0 radical (unpaired) electrons. The lowest BCUT2D eigenvalue weighted by Gasteiger charge is -2.35. The van der Waals surface area contributed by atoms with E-state index in [-0.39, 0.29) is 11.9 Å². The minimum Gasteiger partial charge on any atom is -0.488 e. The van der Waals surface area contributed by atoms with Crippen LogP contribution in [0, 0.1) is 17.7 Å². The van der Waals surface area contributed by atoms with Gasteiger partial charge in [-0.2, -0.15) is 0 Å². The van der Waals surface area contributed by atoms with Gasteiger partial charge in [-0.15, -0.1) is 11.8 Å². The van der Waals surface area contributed by atoms with Gasteiger partial charge in [-0.25, -0.2) is 4.39 Å². The van der Waals surface area contributed by atoms with Gasteiger partial charge < -0.3 is 9.84 Å². The summed E-state index contributed by atoms with van der Waals surface area (Å²) in [7, 11) is 0. The van der Waals surface area contributed by atoms with Crippen molar-refractivity contribution in [3.8, 4) is 5.75 Å². The highest BCUT2D eigenvalue weighted by molar-refractivity contribution is 7.98. The fourth-order valence-electron chi connectivity index (χ4n) is 4.42. The number of likely N-dealkylation sites (tertiary alicyclic amines) is 1.